The summed E-state index contributed by atoms with van der Waals surface area (Å²) in [6.07, 6.45) is 1.24. The SMILES string of the molecule is CCOC(=O)c1cc(Oc2cccc(Cl)c2F)ncc1N. The number of hydrogen-bond donors (Lipinski definition) is 1. The summed E-state index contributed by atoms with van der Waals surface area (Å²) in [5.41, 5.74) is 5.90. The van der Waals surface area contributed by atoms with Gasteiger partial charge in [0.2, 0.25) is 5.88 Å². The molecule has 0 radical (unpaired) electrons. The van der Waals surface area contributed by atoms with Gasteiger partial charge in [0.1, 0.15) is 0 Å². The number of nitrogen functional groups attached to an aromatic ring is 1. The Morgan fingerprint density at radius 1 is 1.48 bits per heavy atom. The number of carbonyl (C=O) groups is 1. The van der Waals surface area contributed by atoms with E-state index in [0.29, 0.717) is 0 Å². The second kappa shape index (κ2) is 6.41. The molecule has 0 bridgehead atoms. The molecule has 0 amide bonds. The Bertz CT molecular complexity index is 679. The number of anilines is 1. The van der Waals surface area contributed by atoms with Gasteiger partial charge in [-0.3, -0.25) is 0 Å². The molecule has 0 spiro atoms. The van der Waals surface area contributed by atoms with E-state index in [1.54, 1.807) is 6.92 Å². The number of pyridine rings is 1. The normalized spacial score (nSPS) is 10.2. The van der Waals surface area contributed by atoms with Crippen molar-refractivity contribution < 1.29 is 18.7 Å². The van der Waals surface area contributed by atoms with E-state index in [1.165, 1.54) is 30.5 Å². The molecule has 1 heterocycles. The van der Waals surface area contributed by atoms with Crippen LogP contribution in [-0.4, -0.2) is 17.6 Å². The van der Waals surface area contributed by atoms with Crippen LogP contribution in [0.25, 0.3) is 0 Å². The van der Waals surface area contributed by atoms with E-state index in [2.05, 4.69) is 4.98 Å². The lowest BCUT2D eigenvalue weighted by molar-refractivity contribution is 0.0527. The van der Waals surface area contributed by atoms with Crippen LogP contribution in [0.15, 0.2) is 30.5 Å². The fourth-order valence-corrected chi connectivity index (χ4v) is 1.73. The van der Waals surface area contributed by atoms with E-state index in [0.717, 1.165) is 0 Å². The third-order valence-corrected chi connectivity index (χ3v) is 2.83. The van der Waals surface area contributed by atoms with E-state index in [-0.39, 0.29) is 34.5 Å². The van der Waals surface area contributed by atoms with Crippen molar-refractivity contribution >= 4 is 23.3 Å². The summed E-state index contributed by atoms with van der Waals surface area (Å²) in [5, 5.41) is -0.0754. The third-order valence-electron chi connectivity index (χ3n) is 2.54. The predicted octanol–water partition coefficient (Wildman–Crippen LogP) is 3.43. The molecule has 0 aliphatic carbocycles. The van der Waals surface area contributed by atoms with Gasteiger partial charge in [-0.1, -0.05) is 17.7 Å². The van der Waals surface area contributed by atoms with E-state index >= 15 is 0 Å². The summed E-state index contributed by atoms with van der Waals surface area (Å²) in [6, 6.07) is 5.60. The number of aromatic nitrogens is 1. The molecule has 2 rings (SSSR count). The number of ether oxygens (including phenoxy) is 2. The number of carbonyl (C=O) groups excluding carboxylic acids is 1. The quantitative estimate of drug-likeness (QED) is 0.876. The van der Waals surface area contributed by atoms with Crippen molar-refractivity contribution in [1.82, 2.24) is 4.98 Å². The first kappa shape index (κ1) is 15.1. The van der Waals surface area contributed by atoms with Crippen LogP contribution in [0.2, 0.25) is 5.02 Å². The van der Waals surface area contributed by atoms with Gasteiger partial charge in [0.15, 0.2) is 11.6 Å². The first-order valence-electron chi connectivity index (χ1n) is 6.07. The molecule has 1 aromatic carbocycles. The third kappa shape index (κ3) is 3.41. The average molecular weight is 311 g/mol. The van der Waals surface area contributed by atoms with Crippen LogP contribution in [0.3, 0.4) is 0 Å². The second-order valence-electron chi connectivity index (χ2n) is 3.98. The number of benzene rings is 1. The summed E-state index contributed by atoms with van der Waals surface area (Å²) in [5.74, 6) is -1.41. The highest BCUT2D eigenvalue weighted by molar-refractivity contribution is 6.30. The highest BCUT2D eigenvalue weighted by Gasteiger charge is 2.15. The monoisotopic (exact) mass is 310 g/mol. The molecular formula is C14H12ClFN2O3. The Morgan fingerprint density at radius 3 is 2.95 bits per heavy atom. The van der Waals surface area contributed by atoms with Gasteiger partial charge < -0.3 is 15.2 Å². The molecule has 2 aromatic rings. The number of rotatable bonds is 4. The van der Waals surface area contributed by atoms with Crippen molar-refractivity contribution in [2.24, 2.45) is 0 Å². The van der Waals surface area contributed by atoms with Crippen LogP contribution in [-0.2, 0) is 4.74 Å². The van der Waals surface area contributed by atoms with Crippen molar-refractivity contribution in [2.75, 3.05) is 12.3 Å². The minimum Gasteiger partial charge on any atom is -0.462 e. The van der Waals surface area contributed by atoms with Gasteiger partial charge in [-0.15, -0.1) is 0 Å². The van der Waals surface area contributed by atoms with Gasteiger partial charge in [0.05, 0.1) is 29.1 Å². The van der Waals surface area contributed by atoms with Crippen LogP contribution in [0.1, 0.15) is 17.3 Å². The smallest absolute Gasteiger partial charge is 0.340 e. The number of halogens is 2. The standard InChI is InChI=1S/C14H12ClFN2O3/c1-2-20-14(19)8-6-12(18-7-10(8)17)21-11-5-3-4-9(15)13(11)16/h3-7H,2,17H2,1H3. The van der Waals surface area contributed by atoms with Crippen molar-refractivity contribution in [2.45, 2.75) is 6.92 Å². The highest BCUT2D eigenvalue weighted by Crippen LogP contribution is 2.29. The molecule has 0 fully saturated rings. The Hall–Kier alpha value is -2.34. The predicted molar refractivity (Wildman–Crippen MR) is 76.1 cm³/mol. The maximum atomic E-state index is 13.7. The topological polar surface area (TPSA) is 74.4 Å². The Balaban J connectivity index is 2.31. The van der Waals surface area contributed by atoms with Crippen LogP contribution >= 0.6 is 11.6 Å². The van der Waals surface area contributed by atoms with Gasteiger partial charge in [0.25, 0.3) is 0 Å². The zero-order valence-electron chi connectivity index (χ0n) is 11.1. The zero-order valence-corrected chi connectivity index (χ0v) is 11.9. The lowest BCUT2D eigenvalue weighted by atomic mass is 10.2. The number of nitrogens with zero attached hydrogens (tertiary/aromatic N) is 1. The maximum absolute atomic E-state index is 13.7. The average Bonchev–Trinajstić information content (AvgIpc) is 2.46. The van der Waals surface area contributed by atoms with Crippen LogP contribution in [0, 0.1) is 5.82 Å². The first-order chi connectivity index (χ1) is 10.0. The van der Waals surface area contributed by atoms with Crippen molar-refractivity contribution in [3.05, 3.63) is 46.9 Å². The Kier molecular flexibility index (Phi) is 4.59. The minimum atomic E-state index is -0.713. The largest absolute Gasteiger partial charge is 0.462 e. The summed E-state index contributed by atoms with van der Waals surface area (Å²) < 4.78 is 23.9. The first-order valence-corrected chi connectivity index (χ1v) is 6.45. The van der Waals surface area contributed by atoms with E-state index < -0.39 is 11.8 Å². The van der Waals surface area contributed by atoms with Crippen LogP contribution in [0.5, 0.6) is 11.6 Å². The van der Waals surface area contributed by atoms with E-state index in [9.17, 15) is 9.18 Å². The van der Waals surface area contributed by atoms with Crippen molar-refractivity contribution in [3.63, 3.8) is 0 Å². The molecule has 0 unspecified atom stereocenters. The van der Waals surface area contributed by atoms with Crippen LogP contribution in [0.4, 0.5) is 10.1 Å². The molecule has 1 aromatic heterocycles. The van der Waals surface area contributed by atoms with Crippen molar-refractivity contribution in [1.29, 1.82) is 0 Å². The fourth-order valence-electron chi connectivity index (χ4n) is 1.56. The lowest BCUT2D eigenvalue weighted by Crippen LogP contribution is -2.09. The van der Waals surface area contributed by atoms with Gasteiger partial charge in [0, 0.05) is 6.07 Å². The summed E-state index contributed by atoms with van der Waals surface area (Å²) in [4.78, 5) is 15.6. The number of hydrogen-bond acceptors (Lipinski definition) is 5. The Labute approximate surface area is 125 Å². The zero-order chi connectivity index (χ0) is 15.4. The lowest BCUT2D eigenvalue weighted by Gasteiger charge is -2.09. The van der Waals surface area contributed by atoms with Crippen LogP contribution < -0.4 is 10.5 Å². The second-order valence-corrected chi connectivity index (χ2v) is 4.39. The summed E-state index contributed by atoms with van der Waals surface area (Å²) in [7, 11) is 0. The fraction of sp³-hybridized carbons (Fsp3) is 0.143. The molecular weight excluding hydrogens is 299 g/mol. The van der Waals surface area contributed by atoms with Gasteiger partial charge in [-0.2, -0.15) is 0 Å². The molecule has 21 heavy (non-hydrogen) atoms. The molecule has 0 saturated heterocycles. The van der Waals surface area contributed by atoms with Gasteiger partial charge >= 0.3 is 5.97 Å². The van der Waals surface area contributed by atoms with E-state index in [4.69, 9.17) is 26.8 Å². The molecule has 2 N–H and O–H groups in total. The maximum Gasteiger partial charge on any atom is 0.340 e. The number of esters is 1. The molecule has 0 aliphatic rings. The molecule has 0 atom stereocenters. The van der Waals surface area contributed by atoms with Crippen molar-refractivity contribution in [3.8, 4) is 11.6 Å². The molecule has 5 nitrogen and oxygen atoms in total. The van der Waals surface area contributed by atoms with Gasteiger partial charge in [-0.05, 0) is 19.1 Å². The summed E-state index contributed by atoms with van der Waals surface area (Å²) in [6.45, 7) is 1.88. The molecule has 110 valence electrons. The van der Waals surface area contributed by atoms with Gasteiger partial charge in [-0.25, -0.2) is 14.2 Å². The number of nitrogens with two attached hydrogens (primary N) is 1. The molecule has 0 saturated carbocycles. The molecule has 0 aliphatic heterocycles. The van der Waals surface area contributed by atoms with E-state index in [1.807, 2.05) is 0 Å². The Morgan fingerprint density at radius 2 is 2.24 bits per heavy atom. The minimum absolute atomic E-state index is 0.00780. The highest BCUT2D eigenvalue weighted by atomic mass is 35.5. The molecule has 7 heteroatoms. The summed E-state index contributed by atoms with van der Waals surface area (Å²) >= 11 is 5.66.